The zero-order valence-corrected chi connectivity index (χ0v) is 10.8. The van der Waals surface area contributed by atoms with E-state index in [-0.39, 0.29) is 0 Å². The van der Waals surface area contributed by atoms with Crippen LogP contribution < -0.4 is 5.56 Å². The summed E-state index contributed by atoms with van der Waals surface area (Å²) in [6.07, 6.45) is 2.03. The van der Waals surface area contributed by atoms with Gasteiger partial charge < -0.3 is 4.98 Å². The summed E-state index contributed by atoms with van der Waals surface area (Å²) in [7, 11) is 0. The van der Waals surface area contributed by atoms with E-state index in [1.165, 1.54) is 12.3 Å². The quantitative estimate of drug-likeness (QED) is 0.699. The van der Waals surface area contributed by atoms with E-state index in [0.29, 0.717) is 12.0 Å². The molecule has 0 radical (unpaired) electrons. The molecule has 0 aliphatic rings. The highest BCUT2D eigenvalue weighted by molar-refractivity contribution is 9.10. The fourth-order valence-corrected chi connectivity index (χ4v) is 1.85. The summed E-state index contributed by atoms with van der Waals surface area (Å²) in [6, 6.07) is 8.94. The van der Waals surface area contributed by atoms with Crippen LogP contribution in [0.3, 0.4) is 0 Å². The molecule has 0 bridgehead atoms. The number of rotatable bonds is 3. The molecule has 0 fully saturated rings. The van der Waals surface area contributed by atoms with Crippen molar-refractivity contribution < 1.29 is 4.92 Å². The van der Waals surface area contributed by atoms with Gasteiger partial charge in [0.2, 0.25) is 0 Å². The van der Waals surface area contributed by atoms with Crippen molar-refractivity contribution in [1.29, 1.82) is 0 Å². The summed E-state index contributed by atoms with van der Waals surface area (Å²) >= 11 is 3.33. The van der Waals surface area contributed by atoms with E-state index < -0.39 is 16.2 Å². The number of aromatic nitrogens is 1. The summed E-state index contributed by atoms with van der Waals surface area (Å²) < 4.78 is 0.971. The Bertz CT molecular complexity index is 635. The minimum absolute atomic E-state index is 0.426. The van der Waals surface area contributed by atoms with E-state index in [1.807, 2.05) is 24.3 Å². The number of hydrogen-bond acceptors (Lipinski definition) is 3. The molecule has 1 N–H and O–H groups in total. The molecule has 0 saturated carbocycles. The maximum absolute atomic E-state index is 11.2. The van der Waals surface area contributed by atoms with Gasteiger partial charge in [0.25, 0.3) is 0 Å². The first-order valence-corrected chi connectivity index (χ1v) is 5.96. The predicted molar refractivity (Wildman–Crippen MR) is 70.7 cm³/mol. The zero-order valence-electron chi connectivity index (χ0n) is 9.22. The number of pyridine rings is 1. The Morgan fingerprint density at radius 2 is 1.89 bits per heavy atom. The van der Waals surface area contributed by atoms with Gasteiger partial charge in [-0.15, -0.1) is 0 Å². The molecular weight excluding hydrogens is 300 g/mol. The molecule has 0 aliphatic carbocycles. The number of aromatic amines is 1. The lowest BCUT2D eigenvalue weighted by atomic mass is 10.1. The highest BCUT2D eigenvalue weighted by atomic mass is 79.9. The lowest BCUT2D eigenvalue weighted by Gasteiger charge is -2.01. The second-order valence-electron chi connectivity index (χ2n) is 3.78. The van der Waals surface area contributed by atoms with E-state index in [9.17, 15) is 14.9 Å². The van der Waals surface area contributed by atoms with Crippen LogP contribution in [-0.2, 0) is 6.42 Å². The molecule has 1 aromatic carbocycles. The second kappa shape index (κ2) is 5.14. The molecule has 0 aliphatic heterocycles. The molecule has 0 spiro atoms. The third-order valence-electron chi connectivity index (χ3n) is 2.46. The Balaban J connectivity index is 2.30. The van der Waals surface area contributed by atoms with E-state index in [1.54, 1.807) is 0 Å². The van der Waals surface area contributed by atoms with Gasteiger partial charge >= 0.3 is 11.2 Å². The van der Waals surface area contributed by atoms with Crippen LogP contribution in [0.4, 0.5) is 5.69 Å². The van der Waals surface area contributed by atoms with Crippen molar-refractivity contribution in [3.63, 3.8) is 0 Å². The summed E-state index contributed by atoms with van der Waals surface area (Å²) in [6.45, 7) is 0. The molecule has 0 unspecified atom stereocenters. The van der Waals surface area contributed by atoms with Gasteiger partial charge in [0, 0.05) is 16.7 Å². The fraction of sp³-hybridized carbons (Fsp3) is 0.0833. The van der Waals surface area contributed by atoms with Crippen molar-refractivity contribution in [2.24, 2.45) is 0 Å². The Hall–Kier alpha value is -1.95. The van der Waals surface area contributed by atoms with Gasteiger partial charge in [0.05, 0.1) is 4.92 Å². The number of nitro groups is 1. The molecule has 1 heterocycles. The summed E-state index contributed by atoms with van der Waals surface area (Å²) in [5.41, 5.74) is 0.604. The van der Waals surface area contributed by atoms with Crippen LogP contribution in [0.2, 0.25) is 0 Å². The van der Waals surface area contributed by atoms with Crippen molar-refractivity contribution in [2.75, 3.05) is 0 Å². The lowest BCUT2D eigenvalue weighted by molar-refractivity contribution is -0.386. The summed E-state index contributed by atoms with van der Waals surface area (Å²) in [4.78, 5) is 23.6. The number of nitrogens with zero attached hydrogens (tertiary/aromatic N) is 1. The van der Waals surface area contributed by atoms with E-state index in [0.717, 1.165) is 10.0 Å². The van der Waals surface area contributed by atoms with Crippen molar-refractivity contribution in [3.8, 4) is 0 Å². The predicted octanol–water partition coefficient (Wildman–Crippen LogP) is 2.64. The number of hydrogen-bond donors (Lipinski definition) is 1. The maximum atomic E-state index is 11.2. The molecule has 2 aromatic rings. The van der Waals surface area contributed by atoms with Gasteiger partial charge in [-0.05, 0) is 29.7 Å². The minimum atomic E-state index is -0.681. The van der Waals surface area contributed by atoms with Crippen LogP contribution in [0.25, 0.3) is 0 Å². The highest BCUT2D eigenvalue weighted by Crippen LogP contribution is 2.15. The van der Waals surface area contributed by atoms with Gasteiger partial charge in [-0.2, -0.15) is 0 Å². The van der Waals surface area contributed by atoms with Gasteiger partial charge in [-0.1, -0.05) is 28.1 Å². The smallest absolute Gasteiger partial charge is 0.323 e. The Labute approximate surface area is 111 Å². The van der Waals surface area contributed by atoms with Crippen LogP contribution in [-0.4, -0.2) is 9.91 Å². The fourth-order valence-electron chi connectivity index (χ4n) is 1.59. The average molecular weight is 309 g/mol. The molecule has 0 atom stereocenters. The minimum Gasteiger partial charge on any atom is -0.323 e. The third-order valence-corrected chi connectivity index (χ3v) is 2.99. The molecular formula is C12H9BrN2O3. The molecule has 0 amide bonds. The molecule has 2 rings (SSSR count). The van der Waals surface area contributed by atoms with Crippen LogP contribution in [0.5, 0.6) is 0 Å². The molecule has 18 heavy (non-hydrogen) atoms. The first-order chi connectivity index (χ1) is 8.56. The van der Waals surface area contributed by atoms with Crippen LogP contribution in [0.15, 0.2) is 45.8 Å². The van der Waals surface area contributed by atoms with Crippen LogP contribution in [0.1, 0.15) is 11.1 Å². The van der Waals surface area contributed by atoms with E-state index >= 15 is 0 Å². The Morgan fingerprint density at radius 3 is 2.50 bits per heavy atom. The lowest BCUT2D eigenvalue weighted by Crippen LogP contribution is -2.11. The van der Waals surface area contributed by atoms with Crippen molar-refractivity contribution in [1.82, 2.24) is 4.98 Å². The first-order valence-electron chi connectivity index (χ1n) is 5.17. The van der Waals surface area contributed by atoms with E-state index in [2.05, 4.69) is 20.9 Å². The summed E-state index contributed by atoms with van der Waals surface area (Å²) in [5, 5.41) is 10.7. The SMILES string of the molecule is O=c1[nH]cc(Cc2ccc(Br)cc2)cc1[N+](=O)[O-]. The average Bonchev–Trinajstić information content (AvgIpc) is 2.34. The maximum Gasteiger partial charge on any atom is 0.334 e. The van der Waals surface area contributed by atoms with Crippen LogP contribution in [0, 0.1) is 10.1 Å². The first kappa shape index (κ1) is 12.5. The number of H-pyrrole nitrogens is 1. The van der Waals surface area contributed by atoms with Crippen LogP contribution >= 0.6 is 15.9 Å². The topological polar surface area (TPSA) is 76.0 Å². The summed E-state index contributed by atoms with van der Waals surface area (Å²) in [5.74, 6) is 0. The van der Waals surface area contributed by atoms with Crippen molar-refractivity contribution >= 4 is 21.6 Å². The van der Waals surface area contributed by atoms with Gasteiger partial charge in [0.15, 0.2) is 0 Å². The number of benzene rings is 1. The molecule has 5 nitrogen and oxygen atoms in total. The zero-order chi connectivity index (χ0) is 13.1. The van der Waals surface area contributed by atoms with Gasteiger partial charge in [0.1, 0.15) is 0 Å². The second-order valence-corrected chi connectivity index (χ2v) is 4.70. The Morgan fingerprint density at radius 1 is 1.22 bits per heavy atom. The third kappa shape index (κ3) is 2.84. The Kier molecular flexibility index (Phi) is 3.57. The monoisotopic (exact) mass is 308 g/mol. The van der Waals surface area contributed by atoms with Crippen molar-refractivity contribution in [3.05, 3.63) is 72.6 Å². The normalized spacial score (nSPS) is 10.3. The molecule has 0 saturated heterocycles. The van der Waals surface area contributed by atoms with E-state index in [4.69, 9.17) is 0 Å². The largest absolute Gasteiger partial charge is 0.334 e. The van der Waals surface area contributed by atoms with Gasteiger partial charge in [-0.25, -0.2) is 0 Å². The highest BCUT2D eigenvalue weighted by Gasteiger charge is 2.12. The number of halogens is 1. The van der Waals surface area contributed by atoms with Crippen molar-refractivity contribution in [2.45, 2.75) is 6.42 Å². The van der Waals surface area contributed by atoms with Gasteiger partial charge in [-0.3, -0.25) is 14.9 Å². The molecule has 92 valence electrons. The molecule has 6 heteroatoms. The number of nitrogens with one attached hydrogen (secondary N) is 1. The molecule has 1 aromatic heterocycles. The standard InChI is InChI=1S/C12H9BrN2O3/c13-10-3-1-8(2-4-10)5-9-6-11(15(17)18)12(16)14-7-9/h1-4,6-7H,5H2,(H,14,16).